The van der Waals surface area contributed by atoms with E-state index in [9.17, 15) is 5.11 Å². The molecule has 90 valence electrons. The van der Waals surface area contributed by atoms with Crippen molar-refractivity contribution >= 4 is 5.82 Å². The van der Waals surface area contributed by atoms with Gasteiger partial charge in [-0.15, -0.1) is 0 Å². The number of aliphatic hydroxyl groups excluding tert-OH is 1. The summed E-state index contributed by atoms with van der Waals surface area (Å²) >= 11 is 0. The molecule has 0 radical (unpaired) electrons. The first-order valence-corrected chi connectivity index (χ1v) is 5.51. The molecule has 1 aliphatic rings. The van der Waals surface area contributed by atoms with Crippen molar-refractivity contribution in [2.75, 3.05) is 38.6 Å². The van der Waals surface area contributed by atoms with E-state index in [2.05, 4.69) is 10.00 Å². The fourth-order valence-electron chi connectivity index (χ4n) is 1.88. The highest BCUT2D eigenvalue weighted by Crippen LogP contribution is 2.06. The molecule has 6 heteroatoms. The number of rotatable bonds is 4. The van der Waals surface area contributed by atoms with Gasteiger partial charge in [0.25, 0.3) is 0 Å². The molecule has 1 unspecified atom stereocenters. The minimum absolute atomic E-state index is 0.113. The van der Waals surface area contributed by atoms with Crippen molar-refractivity contribution in [2.24, 2.45) is 0 Å². The normalized spacial score (nSPS) is 22.4. The zero-order valence-electron chi connectivity index (χ0n) is 9.25. The van der Waals surface area contributed by atoms with Crippen LogP contribution in [0.2, 0.25) is 0 Å². The SMILES string of the molecule is Nc1ccn(CCN2CCOCC2CO)n1. The fraction of sp³-hybridized carbons (Fsp3) is 0.700. The summed E-state index contributed by atoms with van der Waals surface area (Å²) in [5.41, 5.74) is 5.54. The molecule has 0 bridgehead atoms. The Bertz CT molecular complexity index is 328. The first-order valence-electron chi connectivity index (χ1n) is 5.51. The molecule has 0 amide bonds. The van der Waals surface area contributed by atoms with E-state index in [1.165, 1.54) is 0 Å². The van der Waals surface area contributed by atoms with Gasteiger partial charge in [-0.05, 0) is 6.07 Å². The zero-order valence-corrected chi connectivity index (χ0v) is 9.25. The number of aromatic nitrogens is 2. The van der Waals surface area contributed by atoms with Gasteiger partial charge in [0.1, 0.15) is 5.82 Å². The maximum atomic E-state index is 9.20. The molecule has 1 atom stereocenters. The van der Waals surface area contributed by atoms with E-state index >= 15 is 0 Å². The van der Waals surface area contributed by atoms with Crippen LogP contribution in [0.3, 0.4) is 0 Å². The van der Waals surface area contributed by atoms with Crippen LogP contribution in [0, 0.1) is 0 Å². The number of nitrogens with two attached hydrogens (primary N) is 1. The van der Waals surface area contributed by atoms with Crippen LogP contribution in [0.25, 0.3) is 0 Å². The van der Waals surface area contributed by atoms with Gasteiger partial charge in [-0.2, -0.15) is 5.10 Å². The third-order valence-electron chi connectivity index (χ3n) is 2.84. The molecule has 0 aromatic carbocycles. The number of ether oxygens (including phenoxy) is 1. The van der Waals surface area contributed by atoms with Gasteiger partial charge in [-0.25, -0.2) is 0 Å². The van der Waals surface area contributed by atoms with Gasteiger partial charge in [-0.1, -0.05) is 0 Å². The van der Waals surface area contributed by atoms with Crippen LogP contribution < -0.4 is 5.73 Å². The second-order valence-electron chi connectivity index (χ2n) is 3.95. The second-order valence-corrected chi connectivity index (χ2v) is 3.95. The van der Waals surface area contributed by atoms with Crippen LogP contribution in [0.1, 0.15) is 0 Å². The van der Waals surface area contributed by atoms with Crippen molar-refractivity contribution in [1.29, 1.82) is 0 Å². The van der Waals surface area contributed by atoms with Gasteiger partial charge in [0.2, 0.25) is 0 Å². The molecule has 2 heterocycles. The molecule has 1 fully saturated rings. The molecule has 0 saturated carbocycles. The van der Waals surface area contributed by atoms with Crippen LogP contribution in [-0.2, 0) is 11.3 Å². The average Bonchev–Trinajstić information content (AvgIpc) is 2.73. The van der Waals surface area contributed by atoms with Gasteiger partial charge in [-0.3, -0.25) is 9.58 Å². The minimum Gasteiger partial charge on any atom is -0.395 e. The van der Waals surface area contributed by atoms with Crippen molar-refractivity contribution in [3.8, 4) is 0 Å². The lowest BCUT2D eigenvalue weighted by molar-refractivity contribution is -0.0288. The molecule has 2 rings (SSSR count). The van der Waals surface area contributed by atoms with Crippen LogP contribution in [0.5, 0.6) is 0 Å². The van der Waals surface area contributed by atoms with E-state index < -0.39 is 0 Å². The van der Waals surface area contributed by atoms with Crippen molar-refractivity contribution in [2.45, 2.75) is 12.6 Å². The van der Waals surface area contributed by atoms with Gasteiger partial charge in [0.05, 0.1) is 32.4 Å². The topological polar surface area (TPSA) is 76.5 Å². The quantitative estimate of drug-likeness (QED) is 0.700. The Balaban J connectivity index is 1.84. The monoisotopic (exact) mass is 226 g/mol. The third-order valence-corrected chi connectivity index (χ3v) is 2.84. The van der Waals surface area contributed by atoms with Crippen molar-refractivity contribution in [3.05, 3.63) is 12.3 Å². The fourth-order valence-corrected chi connectivity index (χ4v) is 1.88. The number of nitrogens with zero attached hydrogens (tertiary/aromatic N) is 3. The number of hydrogen-bond acceptors (Lipinski definition) is 5. The number of hydrogen-bond donors (Lipinski definition) is 2. The summed E-state index contributed by atoms with van der Waals surface area (Å²) in [5.74, 6) is 0.542. The highest BCUT2D eigenvalue weighted by atomic mass is 16.5. The smallest absolute Gasteiger partial charge is 0.145 e. The summed E-state index contributed by atoms with van der Waals surface area (Å²) in [7, 11) is 0. The van der Waals surface area contributed by atoms with Gasteiger partial charge >= 0.3 is 0 Å². The van der Waals surface area contributed by atoms with Gasteiger partial charge in [0, 0.05) is 19.3 Å². The van der Waals surface area contributed by atoms with E-state index in [4.69, 9.17) is 10.5 Å². The minimum atomic E-state index is 0.113. The van der Waals surface area contributed by atoms with Crippen LogP contribution in [0.15, 0.2) is 12.3 Å². The average molecular weight is 226 g/mol. The predicted octanol–water partition coefficient (Wildman–Crippen LogP) is -0.842. The Morgan fingerprint density at radius 2 is 2.44 bits per heavy atom. The van der Waals surface area contributed by atoms with Gasteiger partial charge < -0.3 is 15.6 Å². The van der Waals surface area contributed by atoms with Crippen LogP contribution in [-0.4, -0.2) is 58.7 Å². The maximum Gasteiger partial charge on any atom is 0.145 e. The number of anilines is 1. The Morgan fingerprint density at radius 1 is 1.56 bits per heavy atom. The lowest BCUT2D eigenvalue weighted by Gasteiger charge is -2.34. The van der Waals surface area contributed by atoms with Gasteiger partial charge in [0.15, 0.2) is 0 Å². The molecular formula is C10H18N4O2. The highest BCUT2D eigenvalue weighted by molar-refractivity contribution is 5.23. The molecule has 6 nitrogen and oxygen atoms in total. The summed E-state index contributed by atoms with van der Waals surface area (Å²) in [6, 6.07) is 1.89. The second kappa shape index (κ2) is 5.29. The predicted molar refractivity (Wildman–Crippen MR) is 59.9 cm³/mol. The van der Waals surface area contributed by atoms with E-state index in [-0.39, 0.29) is 12.6 Å². The molecule has 16 heavy (non-hydrogen) atoms. The molecule has 3 N–H and O–H groups in total. The lowest BCUT2D eigenvalue weighted by atomic mass is 10.2. The Hall–Kier alpha value is -1.11. The van der Waals surface area contributed by atoms with E-state index in [0.29, 0.717) is 12.4 Å². The summed E-state index contributed by atoms with van der Waals surface area (Å²) in [6.45, 7) is 3.99. The van der Waals surface area contributed by atoms with Crippen molar-refractivity contribution in [1.82, 2.24) is 14.7 Å². The lowest BCUT2D eigenvalue weighted by Crippen LogP contribution is -2.48. The Kier molecular flexibility index (Phi) is 3.76. The van der Waals surface area contributed by atoms with Crippen LogP contribution in [0.4, 0.5) is 5.82 Å². The first kappa shape index (κ1) is 11.4. The standard InChI is InChI=1S/C10H18N4O2/c11-10-1-2-14(12-10)4-3-13-5-6-16-8-9(13)7-15/h1-2,9,15H,3-8H2,(H2,11,12). The Labute approximate surface area is 94.6 Å². The summed E-state index contributed by atoms with van der Waals surface area (Å²) < 4.78 is 7.13. The van der Waals surface area contributed by atoms with E-state index in [1.54, 1.807) is 6.07 Å². The number of nitrogen functional groups attached to an aromatic ring is 1. The molecule has 0 spiro atoms. The summed E-state index contributed by atoms with van der Waals surface area (Å²) in [4.78, 5) is 2.22. The van der Waals surface area contributed by atoms with Crippen molar-refractivity contribution in [3.63, 3.8) is 0 Å². The largest absolute Gasteiger partial charge is 0.395 e. The molecule has 1 aromatic heterocycles. The van der Waals surface area contributed by atoms with Crippen molar-refractivity contribution < 1.29 is 9.84 Å². The zero-order chi connectivity index (χ0) is 11.4. The molecular weight excluding hydrogens is 208 g/mol. The highest BCUT2D eigenvalue weighted by Gasteiger charge is 2.21. The van der Waals surface area contributed by atoms with E-state index in [0.717, 1.165) is 26.2 Å². The summed E-state index contributed by atoms with van der Waals surface area (Å²) in [5, 5.41) is 13.3. The maximum absolute atomic E-state index is 9.20. The first-order chi connectivity index (χ1) is 7.79. The van der Waals surface area contributed by atoms with Crippen LogP contribution >= 0.6 is 0 Å². The Morgan fingerprint density at radius 3 is 3.12 bits per heavy atom. The molecule has 0 aliphatic carbocycles. The third kappa shape index (κ3) is 2.72. The molecule has 1 aromatic rings. The summed E-state index contributed by atoms with van der Waals surface area (Å²) in [6.07, 6.45) is 1.86. The molecule has 1 aliphatic heterocycles. The molecule has 1 saturated heterocycles. The number of aliphatic hydroxyl groups is 1. The van der Waals surface area contributed by atoms with E-state index in [1.807, 2.05) is 10.9 Å². The number of morpholine rings is 1.